The number of carbonyl (C=O) groups is 2. The van der Waals surface area contributed by atoms with Gasteiger partial charge in [0.1, 0.15) is 6.04 Å². The summed E-state index contributed by atoms with van der Waals surface area (Å²) in [5.41, 5.74) is 1.85. The molecule has 0 spiro atoms. The minimum Gasteiger partial charge on any atom is -0.352 e. The Morgan fingerprint density at radius 2 is 1.86 bits per heavy atom. The second kappa shape index (κ2) is 8.75. The Bertz CT molecular complexity index is 1000. The topological polar surface area (TPSA) is 95.6 Å². The van der Waals surface area contributed by atoms with Gasteiger partial charge < -0.3 is 10.6 Å². The quantitative estimate of drug-likeness (QED) is 0.758. The molecule has 0 radical (unpaired) electrons. The van der Waals surface area contributed by atoms with Crippen LogP contribution in [0.1, 0.15) is 35.7 Å². The van der Waals surface area contributed by atoms with E-state index in [0.29, 0.717) is 37.2 Å². The number of anilines is 1. The van der Waals surface area contributed by atoms with Crippen LogP contribution < -0.4 is 10.6 Å². The highest BCUT2D eigenvalue weighted by atomic mass is 32.2. The molecule has 7 nitrogen and oxygen atoms in total. The fraction of sp³-hybridized carbons (Fsp3) is 0.333. The lowest BCUT2D eigenvalue weighted by Gasteiger charge is -2.23. The molecule has 0 aliphatic carbocycles. The lowest BCUT2D eigenvalue weighted by Crippen LogP contribution is -2.43. The van der Waals surface area contributed by atoms with Crippen molar-refractivity contribution in [2.45, 2.75) is 37.6 Å². The van der Waals surface area contributed by atoms with E-state index in [2.05, 4.69) is 10.6 Å². The van der Waals surface area contributed by atoms with Crippen LogP contribution in [-0.2, 0) is 14.8 Å². The lowest BCUT2D eigenvalue weighted by molar-refractivity contribution is -0.119. The number of nitrogens with zero attached hydrogens (tertiary/aromatic N) is 1. The zero-order valence-electron chi connectivity index (χ0n) is 16.5. The lowest BCUT2D eigenvalue weighted by atomic mass is 10.1. The van der Waals surface area contributed by atoms with E-state index >= 15 is 0 Å². The molecule has 2 N–H and O–H groups in total. The molecule has 8 heteroatoms. The summed E-state index contributed by atoms with van der Waals surface area (Å²) in [5.74, 6) is -0.626. The van der Waals surface area contributed by atoms with Gasteiger partial charge in [0.05, 0.1) is 4.90 Å². The van der Waals surface area contributed by atoms with Gasteiger partial charge in [0.25, 0.3) is 5.91 Å². The number of carbonyl (C=O) groups excluding carboxylic acids is 2. The van der Waals surface area contributed by atoms with Gasteiger partial charge in [-0.05, 0) is 57.0 Å². The predicted octanol–water partition coefficient (Wildman–Crippen LogP) is 2.54. The molecular weight excluding hydrogens is 390 g/mol. The molecule has 2 aromatic carbocycles. The molecule has 2 amide bonds. The average Bonchev–Trinajstić information content (AvgIpc) is 3.20. The zero-order chi connectivity index (χ0) is 21.0. The Morgan fingerprint density at radius 3 is 2.55 bits per heavy atom. The minimum absolute atomic E-state index is 0.182. The third-order valence-electron chi connectivity index (χ3n) is 4.86. The highest BCUT2D eigenvalue weighted by molar-refractivity contribution is 7.89. The highest BCUT2D eigenvalue weighted by Crippen LogP contribution is 2.27. The standard InChI is InChI=1S/C21H25N3O4S/c1-3-22-20(25)16-6-4-7-17(14-16)23-21(26)19-8-5-13-24(19)29(27,28)18-11-9-15(2)10-12-18/h4,6-7,9-12,14,19H,3,5,8,13H2,1-2H3,(H,22,25)(H,23,26)/t19-/m0/s1. The van der Waals surface area contributed by atoms with Crippen LogP contribution in [0.5, 0.6) is 0 Å². The van der Waals surface area contributed by atoms with Crippen LogP contribution in [-0.4, -0.2) is 43.7 Å². The molecule has 1 aliphatic heterocycles. The van der Waals surface area contributed by atoms with Gasteiger partial charge in [0.2, 0.25) is 15.9 Å². The fourth-order valence-corrected chi connectivity index (χ4v) is 5.02. The van der Waals surface area contributed by atoms with Crippen LogP contribution in [0.3, 0.4) is 0 Å². The first-order chi connectivity index (χ1) is 13.8. The summed E-state index contributed by atoms with van der Waals surface area (Å²) in [6.45, 7) is 4.51. The Hall–Kier alpha value is -2.71. The van der Waals surface area contributed by atoms with E-state index in [1.807, 2.05) is 13.8 Å². The van der Waals surface area contributed by atoms with Gasteiger partial charge in [0.15, 0.2) is 0 Å². The molecule has 3 rings (SSSR count). The molecule has 1 heterocycles. The third-order valence-corrected chi connectivity index (χ3v) is 6.79. The van der Waals surface area contributed by atoms with Crippen LogP contribution in [0.4, 0.5) is 5.69 Å². The molecule has 2 aromatic rings. The van der Waals surface area contributed by atoms with E-state index in [1.54, 1.807) is 48.5 Å². The van der Waals surface area contributed by atoms with Crippen LogP contribution in [0.25, 0.3) is 0 Å². The van der Waals surface area contributed by atoms with Crippen LogP contribution in [0.2, 0.25) is 0 Å². The summed E-state index contributed by atoms with van der Waals surface area (Å²) in [5, 5.41) is 5.47. The van der Waals surface area contributed by atoms with Crippen molar-refractivity contribution in [1.29, 1.82) is 0 Å². The van der Waals surface area contributed by atoms with E-state index < -0.39 is 22.0 Å². The molecule has 0 bridgehead atoms. The van der Waals surface area contributed by atoms with Gasteiger partial charge in [-0.25, -0.2) is 8.42 Å². The first kappa shape index (κ1) is 21.0. The average molecular weight is 416 g/mol. The van der Waals surface area contributed by atoms with Crippen LogP contribution in [0, 0.1) is 6.92 Å². The first-order valence-corrected chi connectivity index (χ1v) is 11.0. The van der Waals surface area contributed by atoms with Gasteiger partial charge in [0, 0.05) is 24.3 Å². The number of hydrogen-bond donors (Lipinski definition) is 2. The normalized spacial score (nSPS) is 17.1. The zero-order valence-corrected chi connectivity index (χ0v) is 17.3. The van der Waals surface area contributed by atoms with Crippen molar-refractivity contribution in [3.05, 3.63) is 59.7 Å². The Balaban J connectivity index is 1.78. The molecule has 1 saturated heterocycles. The fourth-order valence-electron chi connectivity index (χ4n) is 3.36. The number of benzene rings is 2. The number of hydrogen-bond acceptors (Lipinski definition) is 4. The number of sulfonamides is 1. The van der Waals surface area contributed by atoms with Crippen molar-refractivity contribution in [3.63, 3.8) is 0 Å². The highest BCUT2D eigenvalue weighted by Gasteiger charge is 2.39. The maximum absolute atomic E-state index is 13.0. The van der Waals surface area contributed by atoms with Crippen molar-refractivity contribution in [3.8, 4) is 0 Å². The number of nitrogens with one attached hydrogen (secondary N) is 2. The van der Waals surface area contributed by atoms with Gasteiger partial charge >= 0.3 is 0 Å². The Labute approximate surface area is 171 Å². The SMILES string of the molecule is CCNC(=O)c1cccc(NC(=O)[C@@H]2CCCN2S(=O)(=O)c2ccc(C)cc2)c1. The van der Waals surface area contributed by atoms with E-state index in [4.69, 9.17) is 0 Å². The van der Waals surface area contributed by atoms with E-state index in [0.717, 1.165) is 5.56 Å². The number of aryl methyl sites for hydroxylation is 1. The molecule has 29 heavy (non-hydrogen) atoms. The van der Waals surface area contributed by atoms with E-state index in [1.165, 1.54) is 4.31 Å². The summed E-state index contributed by atoms with van der Waals surface area (Å²) in [6, 6.07) is 12.4. The monoisotopic (exact) mass is 415 g/mol. The van der Waals surface area contributed by atoms with Gasteiger partial charge in [-0.1, -0.05) is 23.8 Å². The summed E-state index contributed by atoms with van der Waals surface area (Å²) >= 11 is 0. The first-order valence-electron chi connectivity index (χ1n) is 9.60. The van der Waals surface area contributed by atoms with Gasteiger partial charge in [-0.15, -0.1) is 0 Å². The smallest absolute Gasteiger partial charge is 0.251 e. The van der Waals surface area contributed by atoms with Crippen molar-refractivity contribution in [2.24, 2.45) is 0 Å². The number of rotatable bonds is 6. The molecular formula is C21H25N3O4S. The van der Waals surface area contributed by atoms with E-state index in [-0.39, 0.29) is 10.8 Å². The van der Waals surface area contributed by atoms with Crippen LogP contribution in [0.15, 0.2) is 53.4 Å². The largest absolute Gasteiger partial charge is 0.352 e. The van der Waals surface area contributed by atoms with E-state index in [9.17, 15) is 18.0 Å². The summed E-state index contributed by atoms with van der Waals surface area (Å²) in [7, 11) is -3.76. The summed E-state index contributed by atoms with van der Waals surface area (Å²) in [6.07, 6.45) is 1.06. The number of amides is 2. The molecule has 1 fully saturated rings. The Kier molecular flexibility index (Phi) is 6.34. The van der Waals surface area contributed by atoms with Crippen LogP contribution >= 0.6 is 0 Å². The second-order valence-electron chi connectivity index (χ2n) is 7.02. The second-order valence-corrected chi connectivity index (χ2v) is 8.91. The molecule has 0 unspecified atom stereocenters. The molecule has 0 aromatic heterocycles. The summed E-state index contributed by atoms with van der Waals surface area (Å²) in [4.78, 5) is 25.0. The van der Waals surface area contributed by atoms with Gasteiger partial charge in [-0.3, -0.25) is 9.59 Å². The van der Waals surface area contributed by atoms with Crippen molar-refractivity contribution < 1.29 is 18.0 Å². The molecule has 0 saturated carbocycles. The van der Waals surface area contributed by atoms with Crippen molar-refractivity contribution in [2.75, 3.05) is 18.4 Å². The van der Waals surface area contributed by atoms with Crippen molar-refractivity contribution in [1.82, 2.24) is 9.62 Å². The minimum atomic E-state index is -3.76. The maximum Gasteiger partial charge on any atom is 0.251 e. The maximum atomic E-state index is 13.0. The molecule has 154 valence electrons. The molecule has 1 atom stereocenters. The predicted molar refractivity (Wildman–Crippen MR) is 111 cm³/mol. The van der Waals surface area contributed by atoms with Crippen molar-refractivity contribution >= 4 is 27.5 Å². The Morgan fingerprint density at radius 1 is 1.14 bits per heavy atom. The van der Waals surface area contributed by atoms with Gasteiger partial charge in [-0.2, -0.15) is 4.31 Å². The third kappa shape index (κ3) is 4.65. The summed E-state index contributed by atoms with van der Waals surface area (Å²) < 4.78 is 27.3. The molecule has 1 aliphatic rings.